The monoisotopic (exact) mass is 321 g/mol. The fourth-order valence-electron chi connectivity index (χ4n) is 3.06. The smallest absolute Gasteiger partial charge is 0.177 e. The van der Waals surface area contributed by atoms with Crippen LogP contribution in [0.25, 0.3) is 0 Å². The molecule has 118 valence electrons. The summed E-state index contributed by atoms with van der Waals surface area (Å²) in [6.45, 7) is 3.66. The van der Waals surface area contributed by atoms with Crippen LogP contribution in [0.3, 0.4) is 0 Å². The second-order valence-corrected chi connectivity index (χ2v) is 7.74. The van der Waals surface area contributed by atoms with Gasteiger partial charge in [-0.25, -0.2) is 4.39 Å². The number of thioether (sulfide) groups is 1. The van der Waals surface area contributed by atoms with Gasteiger partial charge in [0, 0.05) is 11.6 Å². The first-order chi connectivity index (χ1) is 10.4. The number of carbonyl (C=O) groups excluding carboxylic acids is 1. The Labute approximate surface area is 134 Å². The Morgan fingerprint density at radius 1 is 1.36 bits per heavy atom. The number of ketones is 1. The number of aliphatic hydroxyl groups is 1. The number of hydrogen-bond donors (Lipinski definition) is 2. The van der Waals surface area contributed by atoms with E-state index in [1.165, 1.54) is 23.9 Å². The van der Waals surface area contributed by atoms with E-state index < -0.39 is 10.3 Å². The molecule has 3 rings (SSSR count). The van der Waals surface area contributed by atoms with E-state index in [4.69, 9.17) is 0 Å². The van der Waals surface area contributed by atoms with Gasteiger partial charge < -0.3 is 10.4 Å². The summed E-state index contributed by atoms with van der Waals surface area (Å²) < 4.78 is 13.0. The van der Waals surface area contributed by atoms with Crippen molar-refractivity contribution in [1.29, 1.82) is 0 Å². The van der Waals surface area contributed by atoms with Crippen molar-refractivity contribution in [3.8, 4) is 0 Å². The number of hydrogen-bond acceptors (Lipinski definition) is 4. The van der Waals surface area contributed by atoms with Gasteiger partial charge in [-0.1, -0.05) is 30.0 Å². The van der Waals surface area contributed by atoms with E-state index in [9.17, 15) is 14.3 Å². The summed E-state index contributed by atoms with van der Waals surface area (Å²) in [5.41, 5.74) is -0.358. The molecule has 0 spiro atoms. The molecule has 1 aromatic rings. The molecule has 1 aliphatic carbocycles. The summed E-state index contributed by atoms with van der Waals surface area (Å²) in [6.07, 6.45) is 3.81. The molecule has 2 atom stereocenters. The highest BCUT2D eigenvalue weighted by Gasteiger charge is 2.57. The number of benzene rings is 1. The van der Waals surface area contributed by atoms with Crippen LogP contribution in [0.5, 0.6) is 0 Å². The van der Waals surface area contributed by atoms with Gasteiger partial charge >= 0.3 is 0 Å². The highest BCUT2D eigenvalue weighted by molar-refractivity contribution is 8.05. The molecule has 1 fully saturated rings. The van der Waals surface area contributed by atoms with E-state index in [0.717, 1.165) is 6.42 Å². The molecule has 1 aromatic carbocycles. The second kappa shape index (κ2) is 5.39. The topological polar surface area (TPSA) is 49.3 Å². The zero-order valence-electron chi connectivity index (χ0n) is 12.7. The molecule has 0 amide bonds. The molecule has 0 radical (unpaired) electrons. The Hall–Kier alpha value is -1.33. The van der Waals surface area contributed by atoms with Gasteiger partial charge in [0.25, 0.3) is 0 Å². The Morgan fingerprint density at radius 3 is 2.64 bits per heavy atom. The zero-order valence-corrected chi connectivity index (χ0v) is 13.5. The summed E-state index contributed by atoms with van der Waals surface area (Å²) in [5.74, 6) is -0.333. The minimum Gasteiger partial charge on any atom is -0.388 e. The van der Waals surface area contributed by atoms with Crippen molar-refractivity contribution < 1.29 is 14.3 Å². The minimum atomic E-state index is -0.921. The Kier molecular flexibility index (Phi) is 3.81. The largest absolute Gasteiger partial charge is 0.388 e. The molecule has 1 aliphatic heterocycles. The maximum absolute atomic E-state index is 13.8. The third-order valence-corrected chi connectivity index (χ3v) is 6.29. The maximum Gasteiger partial charge on any atom is 0.177 e. The number of allylic oxidation sites excluding steroid dienone is 1. The van der Waals surface area contributed by atoms with Crippen LogP contribution >= 0.6 is 11.8 Å². The summed E-state index contributed by atoms with van der Waals surface area (Å²) in [6, 6.07) is 6.36. The molecule has 0 saturated heterocycles. The molecule has 1 saturated carbocycles. The fraction of sp³-hybridized carbons (Fsp3) is 0.471. The van der Waals surface area contributed by atoms with Crippen molar-refractivity contribution in [2.45, 2.75) is 49.5 Å². The second-order valence-electron chi connectivity index (χ2n) is 6.28. The SMILES string of the molecule is C[C@H](NC1=CC(=O)[C@@](C)(C2(O)CCC2)S1)c1ccccc1F. The molecule has 2 aliphatic rings. The molecule has 5 heteroatoms. The molecule has 0 aromatic heterocycles. The van der Waals surface area contributed by atoms with Crippen molar-refractivity contribution >= 4 is 17.5 Å². The van der Waals surface area contributed by atoms with Crippen LogP contribution in [-0.4, -0.2) is 21.2 Å². The molecule has 2 N–H and O–H groups in total. The van der Waals surface area contributed by atoms with Crippen LogP contribution < -0.4 is 5.32 Å². The van der Waals surface area contributed by atoms with E-state index in [0.29, 0.717) is 23.4 Å². The lowest BCUT2D eigenvalue weighted by Gasteiger charge is -2.47. The van der Waals surface area contributed by atoms with Crippen LogP contribution in [0, 0.1) is 5.82 Å². The number of nitrogens with one attached hydrogen (secondary N) is 1. The van der Waals surface area contributed by atoms with Gasteiger partial charge in [0.2, 0.25) is 0 Å². The molecule has 1 heterocycles. The lowest BCUT2D eigenvalue weighted by Crippen LogP contribution is -2.57. The van der Waals surface area contributed by atoms with Crippen molar-refractivity contribution in [2.75, 3.05) is 0 Å². The lowest BCUT2D eigenvalue weighted by atomic mass is 9.70. The molecular weight excluding hydrogens is 301 g/mol. The minimum absolute atomic E-state index is 0.0667. The molecule has 0 unspecified atom stereocenters. The van der Waals surface area contributed by atoms with Gasteiger partial charge in [-0.05, 0) is 39.2 Å². The van der Waals surface area contributed by atoms with Crippen molar-refractivity contribution in [3.05, 3.63) is 46.8 Å². The first-order valence-electron chi connectivity index (χ1n) is 7.54. The van der Waals surface area contributed by atoms with Gasteiger partial charge in [-0.2, -0.15) is 0 Å². The van der Waals surface area contributed by atoms with E-state index in [1.54, 1.807) is 25.1 Å². The van der Waals surface area contributed by atoms with Crippen LogP contribution in [-0.2, 0) is 4.79 Å². The predicted octanol–water partition coefficient (Wildman–Crippen LogP) is 3.31. The lowest BCUT2D eigenvalue weighted by molar-refractivity contribution is -0.129. The Morgan fingerprint density at radius 2 is 2.05 bits per heavy atom. The summed E-state index contributed by atoms with van der Waals surface area (Å²) in [4.78, 5) is 12.4. The summed E-state index contributed by atoms with van der Waals surface area (Å²) in [7, 11) is 0. The Bertz CT molecular complexity index is 641. The van der Waals surface area contributed by atoms with E-state index in [2.05, 4.69) is 5.32 Å². The van der Waals surface area contributed by atoms with Crippen molar-refractivity contribution in [3.63, 3.8) is 0 Å². The quantitative estimate of drug-likeness (QED) is 0.893. The summed E-state index contributed by atoms with van der Waals surface area (Å²) in [5, 5.41) is 14.5. The van der Waals surface area contributed by atoms with Crippen molar-refractivity contribution in [2.24, 2.45) is 0 Å². The Balaban J connectivity index is 1.74. The van der Waals surface area contributed by atoms with E-state index >= 15 is 0 Å². The van der Waals surface area contributed by atoms with Gasteiger partial charge in [0.05, 0.1) is 16.7 Å². The van der Waals surface area contributed by atoms with E-state index in [1.807, 2.05) is 6.92 Å². The number of rotatable bonds is 4. The third-order valence-electron chi connectivity index (χ3n) is 4.85. The van der Waals surface area contributed by atoms with Crippen LogP contribution in [0.15, 0.2) is 35.4 Å². The maximum atomic E-state index is 13.8. The van der Waals surface area contributed by atoms with Crippen molar-refractivity contribution in [1.82, 2.24) is 5.32 Å². The molecule has 22 heavy (non-hydrogen) atoms. The average molecular weight is 321 g/mol. The van der Waals surface area contributed by atoms with Gasteiger partial charge in [-0.15, -0.1) is 0 Å². The summed E-state index contributed by atoms with van der Waals surface area (Å²) >= 11 is 1.36. The first-order valence-corrected chi connectivity index (χ1v) is 8.36. The van der Waals surface area contributed by atoms with Gasteiger partial charge in [0.1, 0.15) is 10.6 Å². The fourth-order valence-corrected chi connectivity index (χ4v) is 4.45. The first kappa shape index (κ1) is 15.6. The zero-order chi connectivity index (χ0) is 16.0. The standard InChI is InChI=1S/C17H20FNO2S/c1-11(12-6-3-4-7-13(12)18)19-15-10-14(20)16(2,22-15)17(21)8-5-9-17/h3-4,6-7,10-11,19,21H,5,8-9H2,1-2H3/t11-,16-/m0/s1. The van der Waals surface area contributed by atoms with Crippen LogP contribution in [0.1, 0.15) is 44.7 Å². The molecular formula is C17H20FNO2S. The normalized spacial score (nSPS) is 28.0. The van der Waals surface area contributed by atoms with Gasteiger partial charge in [0.15, 0.2) is 5.78 Å². The highest BCUT2D eigenvalue weighted by Crippen LogP contribution is 2.53. The number of carbonyl (C=O) groups is 1. The van der Waals surface area contributed by atoms with Crippen LogP contribution in [0.2, 0.25) is 0 Å². The van der Waals surface area contributed by atoms with Crippen LogP contribution in [0.4, 0.5) is 4.39 Å². The average Bonchev–Trinajstić information content (AvgIpc) is 2.72. The predicted molar refractivity (Wildman–Crippen MR) is 85.8 cm³/mol. The molecule has 3 nitrogen and oxygen atoms in total. The number of halogens is 1. The third kappa shape index (κ3) is 2.36. The van der Waals surface area contributed by atoms with E-state index in [-0.39, 0.29) is 17.6 Å². The van der Waals surface area contributed by atoms with Gasteiger partial charge in [-0.3, -0.25) is 4.79 Å². The molecule has 0 bridgehead atoms. The highest BCUT2D eigenvalue weighted by atomic mass is 32.2.